The first-order valence-electron chi connectivity index (χ1n) is 8.38. The van der Waals surface area contributed by atoms with Crippen LogP contribution in [-0.2, 0) is 0 Å². The van der Waals surface area contributed by atoms with Crippen LogP contribution in [0, 0.1) is 0 Å². The van der Waals surface area contributed by atoms with Crippen molar-refractivity contribution in [3.8, 4) is 11.5 Å². The van der Waals surface area contributed by atoms with Gasteiger partial charge < -0.3 is 9.64 Å². The van der Waals surface area contributed by atoms with Crippen LogP contribution in [0.3, 0.4) is 0 Å². The highest BCUT2D eigenvalue weighted by Crippen LogP contribution is 2.30. The van der Waals surface area contributed by atoms with Crippen molar-refractivity contribution < 1.29 is 4.74 Å². The molecule has 0 amide bonds. The Balaban J connectivity index is 1.95. The summed E-state index contributed by atoms with van der Waals surface area (Å²) in [5.74, 6) is 2.28. The summed E-state index contributed by atoms with van der Waals surface area (Å²) in [6, 6.07) is 16.4. The van der Waals surface area contributed by atoms with Gasteiger partial charge in [-0.1, -0.05) is 45.0 Å². The molecule has 0 aliphatic rings. The summed E-state index contributed by atoms with van der Waals surface area (Å²) in [5.41, 5.74) is 1.37. The van der Waals surface area contributed by atoms with Gasteiger partial charge in [-0.25, -0.2) is 0 Å². The maximum atomic E-state index is 5.92. The second-order valence-corrected chi connectivity index (χ2v) is 6.67. The Morgan fingerprint density at radius 1 is 1.00 bits per heavy atom. The molecule has 0 bridgehead atoms. The Kier molecular flexibility index (Phi) is 7.13. The maximum Gasteiger partial charge on any atom is 0.141 e. The van der Waals surface area contributed by atoms with Crippen molar-refractivity contribution in [1.82, 2.24) is 4.90 Å². The number of halogens is 1. The second-order valence-electron chi connectivity index (χ2n) is 5.82. The van der Waals surface area contributed by atoms with Crippen LogP contribution in [0.5, 0.6) is 11.5 Å². The molecule has 0 aliphatic carbocycles. The van der Waals surface area contributed by atoms with Gasteiger partial charge in [0.2, 0.25) is 0 Å². The Bertz CT molecular complexity index is 593. The zero-order valence-corrected chi connectivity index (χ0v) is 15.8. The molecule has 0 N–H and O–H groups in total. The molecule has 2 nitrogen and oxygen atoms in total. The molecule has 3 heteroatoms. The summed E-state index contributed by atoms with van der Waals surface area (Å²) < 4.78 is 6.89. The summed E-state index contributed by atoms with van der Waals surface area (Å²) in [6.07, 6.45) is 1.19. The first-order chi connectivity index (χ1) is 11.1. The number of ether oxygens (including phenoxy) is 1. The number of benzene rings is 2. The minimum absolute atomic E-state index is 0.563. The minimum Gasteiger partial charge on any atom is -0.456 e. The molecular weight excluding hydrogens is 350 g/mol. The van der Waals surface area contributed by atoms with Gasteiger partial charge >= 0.3 is 0 Å². The molecule has 0 saturated carbocycles. The highest BCUT2D eigenvalue weighted by atomic mass is 79.9. The van der Waals surface area contributed by atoms with Gasteiger partial charge in [-0.2, -0.15) is 0 Å². The van der Waals surface area contributed by atoms with E-state index >= 15 is 0 Å². The molecule has 0 aliphatic heterocycles. The number of hydrogen-bond donors (Lipinski definition) is 0. The lowest BCUT2D eigenvalue weighted by atomic mass is 9.97. The van der Waals surface area contributed by atoms with Crippen LogP contribution in [0.4, 0.5) is 0 Å². The van der Waals surface area contributed by atoms with Crippen LogP contribution in [0.25, 0.3) is 0 Å². The zero-order chi connectivity index (χ0) is 16.7. The summed E-state index contributed by atoms with van der Waals surface area (Å²) in [6.45, 7) is 10.2. The smallest absolute Gasteiger partial charge is 0.141 e. The van der Waals surface area contributed by atoms with Crippen molar-refractivity contribution >= 4 is 15.9 Å². The molecule has 0 heterocycles. The number of hydrogen-bond acceptors (Lipinski definition) is 2. The van der Waals surface area contributed by atoms with E-state index in [9.17, 15) is 0 Å². The van der Waals surface area contributed by atoms with E-state index in [-0.39, 0.29) is 0 Å². The molecule has 0 spiro atoms. The largest absolute Gasteiger partial charge is 0.456 e. The third-order valence-electron chi connectivity index (χ3n) is 4.29. The van der Waals surface area contributed by atoms with Crippen molar-refractivity contribution in [2.24, 2.45) is 0 Å². The molecule has 1 atom stereocenters. The predicted molar refractivity (Wildman–Crippen MR) is 101 cm³/mol. The van der Waals surface area contributed by atoms with Gasteiger partial charge in [0.1, 0.15) is 11.5 Å². The van der Waals surface area contributed by atoms with Gasteiger partial charge in [-0.15, -0.1) is 0 Å². The third kappa shape index (κ3) is 5.36. The van der Waals surface area contributed by atoms with Crippen molar-refractivity contribution in [2.75, 3.05) is 19.6 Å². The first kappa shape index (κ1) is 18.0. The van der Waals surface area contributed by atoms with Gasteiger partial charge in [-0.05, 0) is 77.7 Å². The van der Waals surface area contributed by atoms with E-state index in [0.717, 1.165) is 35.6 Å². The van der Waals surface area contributed by atoms with E-state index in [1.54, 1.807) is 0 Å². The van der Waals surface area contributed by atoms with Crippen LogP contribution < -0.4 is 4.74 Å². The van der Waals surface area contributed by atoms with Crippen molar-refractivity contribution in [1.29, 1.82) is 0 Å². The van der Waals surface area contributed by atoms with Crippen molar-refractivity contribution in [3.63, 3.8) is 0 Å². The molecule has 2 rings (SSSR count). The average Bonchev–Trinajstić information content (AvgIpc) is 2.58. The highest BCUT2D eigenvalue weighted by Gasteiger charge is 2.08. The fraction of sp³-hybridized carbons (Fsp3) is 0.400. The lowest BCUT2D eigenvalue weighted by molar-refractivity contribution is 0.292. The van der Waals surface area contributed by atoms with Crippen molar-refractivity contribution in [3.05, 3.63) is 58.6 Å². The molecule has 2 aromatic carbocycles. The lowest BCUT2D eigenvalue weighted by Crippen LogP contribution is -2.24. The van der Waals surface area contributed by atoms with Gasteiger partial charge in [-0.3, -0.25) is 0 Å². The Labute approximate surface area is 148 Å². The van der Waals surface area contributed by atoms with E-state index in [1.807, 2.05) is 24.3 Å². The second kappa shape index (κ2) is 9.09. The molecule has 0 aromatic heterocycles. The van der Waals surface area contributed by atoms with E-state index in [2.05, 4.69) is 65.9 Å². The average molecular weight is 376 g/mol. The van der Waals surface area contributed by atoms with E-state index in [4.69, 9.17) is 4.74 Å². The van der Waals surface area contributed by atoms with Gasteiger partial charge in [0.25, 0.3) is 0 Å². The van der Waals surface area contributed by atoms with E-state index < -0.39 is 0 Å². The number of nitrogens with zero attached hydrogens (tertiary/aromatic N) is 1. The quantitative estimate of drug-likeness (QED) is 0.554. The molecule has 124 valence electrons. The monoisotopic (exact) mass is 375 g/mol. The van der Waals surface area contributed by atoms with Crippen LogP contribution >= 0.6 is 15.9 Å². The minimum atomic E-state index is 0.563. The van der Waals surface area contributed by atoms with Crippen LogP contribution in [0.1, 0.15) is 38.7 Å². The SMILES string of the molecule is CCN(CC)CCC(C)c1ccc(Oc2ccccc2Br)cc1. The van der Waals surface area contributed by atoms with Crippen LogP contribution in [0.15, 0.2) is 53.0 Å². The Morgan fingerprint density at radius 3 is 2.26 bits per heavy atom. The topological polar surface area (TPSA) is 12.5 Å². The normalized spacial score (nSPS) is 12.4. The van der Waals surface area contributed by atoms with E-state index in [0.29, 0.717) is 5.92 Å². The van der Waals surface area contributed by atoms with Crippen LogP contribution in [0.2, 0.25) is 0 Å². The number of rotatable bonds is 8. The molecular formula is C20H26BrNO. The van der Waals surface area contributed by atoms with Crippen molar-refractivity contribution in [2.45, 2.75) is 33.1 Å². The van der Waals surface area contributed by atoms with Gasteiger partial charge in [0, 0.05) is 0 Å². The first-order valence-corrected chi connectivity index (χ1v) is 9.18. The van der Waals surface area contributed by atoms with Gasteiger partial charge in [0.15, 0.2) is 0 Å². The predicted octanol–water partition coefficient (Wildman–Crippen LogP) is 6.08. The summed E-state index contributed by atoms with van der Waals surface area (Å²) in [5, 5.41) is 0. The summed E-state index contributed by atoms with van der Waals surface area (Å²) >= 11 is 3.51. The van der Waals surface area contributed by atoms with Crippen LogP contribution in [-0.4, -0.2) is 24.5 Å². The number of para-hydroxylation sites is 1. The molecule has 2 aromatic rings. The summed E-state index contributed by atoms with van der Waals surface area (Å²) in [7, 11) is 0. The lowest BCUT2D eigenvalue weighted by Gasteiger charge is -2.21. The van der Waals surface area contributed by atoms with E-state index in [1.165, 1.54) is 12.0 Å². The Morgan fingerprint density at radius 2 is 1.65 bits per heavy atom. The highest BCUT2D eigenvalue weighted by molar-refractivity contribution is 9.10. The zero-order valence-electron chi connectivity index (χ0n) is 14.3. The molecule has 0 fully saturated rings. The third-order valence-corrected chi connectivity index (χ3v) is 4.94. The molecule has 23 heavy (non-hydrogen) atoms. The maximum absolute atomic E-state index is 5.92. The Hall–Kier alpha value is -1.32. The summed E-state index contributed by atoms with van der Waals surface area (Å²) in [4.78, 5) is 2.47. The standard InChI is InChI=1S/C20H26BrNO/c1-4-22(5-2)15-14-16(3)17-10-12-18(13-11-17)23-20-9-7-6-8-19(20)21/h6-13,16H,4-5,14-15H2,1-3H3. The fourth-order valence-electron chi connectivity index (χ4n) is 2.60. The van der Waals surface area contributed by atoms with Gasteiger partial charge in [0.05, 0.1) is 4.47 Å². The molecule has 0 saturated heterocycles. The molecule has 0 radical (unpaired) electrons. The fourth-order valence-corrected chi connectivity index (χ4v) is 2.97. The molecule has 1 unspecified atom stereocenters.